The summed E-state index contributed by atoms with van der Waals surface area (Å²) in [5.74, 6) is 0.458. The minimum Gasteiger partial charge on any atom is -0.396 e. The molecule has 0 amide bonds. The summed E-state index contributed by atoms with van der Waals surface area (Å²) in [6.45, 7) is 5.64. The average molecular weight is 208 g/mol. The van der Waals surface area contributed by atoms with Crippen molar-refractivity contribution in [2.24, 2.45) is 5.41 Å². The van der Waals surface area contributed by atoms with Crippen molar-refractivity contribution < 1.29 is 13.5 Å². The Labute approximate surface area is 81.1 Å². The van der Waals surface area contributed by atoms with Gasteiger partial charge in [-0.3, -0.25) is 0 Å². The summed E-state index contributed by atoms with van der Waals surface area (Å²) < 4.78 is 22.2. The third-order valence-electron chi connectivity index (χ3n) is 2.18. The van der Waals surface area contributed by atoms with E-state index in [1.165, 1.54) is 0 Å². The minimum atomic E-state index is -2.83. The molecule has 4 heteroatoms. The van der Waals surface area contributed by atoms with Crippen molar-refractivity contribution in [1.29, 1.82) is 0 Å². The van der Waals surface area contributed by atoms with E-state index in [1.807, 2.05) is 13.8 Å². The monoisotopic (exact) mass is 208 g/mol. The quantitative estimate of drug-likeness (QED) is 0.714. The van der Waals surface area contributed by atoms with Crippen molar-refractivity contribution in [2.45, 2.75) is 33.6 Å². The fourth-order valence-corrected chi connectivity index (χ4v) is 1.87. The van der Waals surface area contributed by atoms with Gasteiger partial charge in [0.2, 0.25) is 0 Å². The van der Waals surface area contributed by atoms with E-state index in [4.69, 9.17) is 5.11 Å². The maximum atomic E-state index is 11.1. The van der Waals surface area contributed by atoms with E-state index in [2.05, 4.69) is 0 Å². The lowest BCUT2D eigenvalue weighted by Crippen LogP contribution is -2.18. The molecule has 0 unspecified atom stereocenters. The highest BCUT2D eigenvalue weighted by molar-refractivity contribution is 7.91. The fourth-order valence-electron chi connectivity index (χ4n) is 0.994. The average Bonchev–Trinajstić information content (AvgIpc) is 2.04. The predicted molar refractivity (Wildman–Crippen MR) is 54.4 cm³/mol. The normalized spacial score (nSPS) is 13.2. The molecule has 0 aliphatic rings. The van der Waals surface area contributed by atoms with Gasteiger partial charge in [0.15, 0.2) is 0 Å². The van der Waals surface area contributed by atoms with Crippen molar-refractivity contribution in [3.05, 3.63) is 0 Å². The van der Waals surface area contributed by atoms with Crippen LogP contribution in [0.2, 0.25) is 0 Å². The van der Waals surface area contributed by atoms with Crippen molar-refractivity contribution in [1.82, 2.24) is 0 Å². The minimum absolute atomic E-state index is 0.110. The Bertz CT molecular complexity index is 229. The summed E-state index contributed by atoms with van der Waals surface area (Å²) >= 11 is 0. The highest BCUT2D eigenvalue weighted by Gasteiger charge is 2.17. The summed E-state index contributed by atoms with van der Waals surface area (Å²) in [5, 5.41) is 8.93. The molecule has 0 heterocycles. The van der Waals surface area contributed by atoms with Gasteiger partial charge in [0.1, 0.15) is 9.84 Å². The summed E-state index contributed by atoms with van der Waals surface area (Å²) in [5.41, 5.74) is -0.150. The Morgan fingerprint density at radius 2 is 1.85 bits per heavy atom. The van der Waals surface area contributed by atoms with E-state index in [1.54, 1.807) is 6.92 Å². The molecule has 13 heavy (non-hydrogen) atoms. The zero-order chi connectivity index (χ0) is 10.5. The molecule has 0 rings (SSSR count). The first-order valence-corrected chi connectivity index (χ1v) is 6.46. The standard InChI is InChI=1S/C9H20O3S/c1-4-13(11,12)7-5-6-9(2,3)8-10/h10H,4-8H2,1-3H3. The van der Waals surface area contributed by atoms with Gasteiger partial charge in [-0.1, -0.05) is 20.8 Å². The first-order valence-electron chi connectivity index (χ1n) is 4.64. The van der Waals surface area contributed by atoms with Crippen molar-refractivity contribution in [2.75, 3.05) is 18.1 Å². The zero-order valence-corrected chi connectivity index (χ0v) is 9.52. The van der Waals surface area contributed by atoms with Crippen LogP contribution in [0, 0.1) is 5.41 Å². The van der Waals surface area contributed by atoms with Crippen LogP contribution >= 0.6 is 0 Å². The number of hydrogen-bond acceptors (Lipinski definition) is 3. The molecular weight excluding hydrogens is 188 g/mol. The molecule has 0 fully saturated rings. The molecule has 0 bridgehead atoms. The van der Waals surface area contributed by atoms with Gasteiger partial charge in [-0.2, -0.15) is 0 Å². The highest BCUT2D eigenvalue weighted by atomic mass is 32.2. The van der Waals surface area contributed by atoms with Crippen LogP contribution < -0.4 is 0 Å². The second kappa shape index (κ2) is 4.96. The van der Waals surface area contributed by atoms with Crippen LogP contribution in [0.5, 0.6) is 0 Å². The van der Waals surface area contributed by atoms with Crippen LogP contribution in [0.15, 0.2) is 0 Å². The van der Waals surface area contributed by atoms with Crippen LogP contribution in [0.1, 0.15) is 33.6 Å². The van der Waals surface area contributed by atoms with Gasteiger partial charge in [0.05, 0.1) is 5.75 Å². The summed E-state index contributed by atoms with van der Waals surface area (Å²) in [6.07, 6.45) is 1.40. The van der Waals surface area contributed by atoms with Crippen LogP contribution in [0.25, 0.3) is 0 Å². The lowest BCUT2D eigenvalue weighted by Gasteiger charge is -2.20. The molecule has 0 saturated heterocycles. The molecule has 1 N–H and O–H groups in total. The Morgan fingerprint density at radius 1 is 1.31 bits per heavy atom. The Kier molecular flexibility index (Phi) is 4.92. The summed E-state index contributed by atoms with van der Waals surface area (Å²) in [6, 6.07) is 0. The van der Waals surface area contributed by atoms with Crippen molar-refractivity contribution >= 4 is 9.84 Å². The van der Waals surface area contributed by atoms with Gasteiger partial charge >= 0.3 is 0 Å². The number of rotatable bonds is 6. The molecular formula is C9H20O3S. The van der Waals surface area contributed by atoms with Crippen LogP contribution in [0.4, 0.5) is 0 Å². The van der Waals surface area contributed by atoms with Crippen LogP contribution in [-0.4, -0.2) is 31.6 Å². The first-order chi connectivity index (χ1) is 5.83. The molecule has 0 aromatic rings. The molecule has 0 atom stereocenters. The SMILES string of the molecule is CCS(=O)(=O)CCCC(C)(C)CO. The van der Waals surface area contributed by atoms with Gasteiger partial charge in [-0.25, -0.2) is 8.42 Å². The van der Waals surface area contributed by atoms with Gasteiger partial charge in [0, 0.05) is 12.4 Å². The van der Waals surface area contributed by atoms with Gasteiger partial charge in [0.25, 0.3) is 0 Å². The molecule has 0 aliphatic heterocycles. The topological polar surface area (TPSA) is 54.4 Å². The Balaban J connectivity index is 3.81. The van der Waals surface area contributed by atoms with E-state index < -0.39 is 9.84 Å². The van der Waals surface area contributed by atoms with Crippen molar-refractivity contribution in [3.63, 3.8) is 0 Å². The largest absolute Gasteiger partial charge is 0.396 e. The molecule has 0 spiro atoms. The number of sulfone groups is 1. The number of hydrogen-bond donors (Lipinski definition) is 1. The molecule has 0 saturated carbocycles. The third kappa shape index (κ3) is 6.05. The molecule has 0 aromatic carbocycles. The second-order valence-electron chi connectivity index (χ2n) is 4.16. The van der Waals surface area contributed by atoms with E-state index in [9.17, 15) is 8.42 Å². The molecule has 0 aromatic heterocycles. The van der Waals surface area contributed by atoms with Gasteiger partial charge < -0.3 is 5.11 Å². The van der Waals surface area contributed by atoms with E-state index in [0.717, 1.165) is 6.42 Å². The van der Waals surface area contributed by atoms with E-state index in [0.29, 0.717) is 6.42 Å². The van der Waals surface area contributed by atoms with E-state index in [-0.39, 0.29) is 23.5 Å². The van der Waals surface area contributed by atoms with Crippen LogP contribution in [0.3, 0.4) is 0 Å². The highest BCUT2D eigenvalue weighted by Crippen LogP contribution is 2.21. The third-order valence-corrected chi connectivity index (χ3v) is 3.97. The molecule has 3 nitrogen and oxygen atoms in total. The summed E-state index contributed by atoms with van der Waals surface area (Å²) in [4.78, 5) is 0. The Morgan fingerprint density at radius 3 is 2.23 bits per heavy atom. The number of aliphatic hydroxyl groups is 1. The second-order valence-corrected chi connectivity index (χ2v) is 6.63. The lowest BCUT2D eigenvalue weighted by molar-refractivity contribution is 0.150. The predicted octanol–water partition coefficient (Wildman–Crippen LogP) is 1.22. The molecule has 0 radical (unpaired) electrons. The fraction of sp³-hybridized carbons (Fsp3) is 1.00. The molecule has 80 valence electrons. The number of aliphatic hydroxyl groups excluding tert-OH is 1. The first kappa shape index (κ1) is 12.9. The Hall–Kier alpha value is -0.0900. The van der Waals surface area contributed by atoms with Crippen LogP contribution in [-0.2, 0) is 9.84 Å². The summed E-state index contributed by atoms with van der Waals surface area (Å²) in [7, 11) is -2.83. The van der Waals surface area contributed by atoms with Gasteiger partial charge in [-0.15, -0.1) is 0 Å². The maximum absolute atomic E-state index is 11.1. The zero-order valence-electron chi connectivity index (χ0n) is 8.71. The maximum Gasteiger partial charge on any atom is 0.150 e. The lowest BCUT2D eigenvalue weighted by atomic mass is 9.89. The molecule has 0 aliphatic carbocycles. The van der Waals surface area contributed by atoms with Crippen molar-refractivity contribution in [3.8, 4) is 0 Å². The van der Waals surface area contributed by atoms with E-state index >= 15 is 0 Å². The smallest absolute Gasteiger partial charge is 0.150 e. The van der Waals surface area contributed by atoms with Gasteiger partial charge in [-0.05, 0) is 18.3 Å².